The van der Waals surface area contributed by atoms with E-state index in [0.29, 0.717) is 16.1 Å². The Bertz CT molecular complexity index is 217. The largest absolute Gasteiger partial charge is 0.619 e. The smallest absolute Gasteiger partial charge is 0.204 e. The van der Waals surface area contributed by atoms with E-state index in [9.17, 15) is 5.21 Å². The molecule has 0 aromatic carbocycles. The molecule has 0 bridgehead atoms. The van der Waals surface area contributed by atoms with Gasteiger partial charge in [-0.2, -0.15) is 4.73 Å². The van der Waals surface area contributed by atoms with E-state index in [2.05, 4.69) is 4.98 Å². The first-order chi connectivity index (χ1) is 4.72. The number of hydrogen-bond acceptors (Lipinski definition) is 3. The first-order valence-electron chi connectivity index (χ1n) is 2.89. The Hall–Kier alpha value is -1.16. The van der Waals surface area contributed by atoms with Gasteiger partial charge in [-0.05, 0) is 6.92 Å². The van der Waals surface area contributed by atoms with Crippen molar-refractivity contribution in [3.05, 3.63) is 29.0 Å². The summed E-state index contributed by atoms with van der Waals surface area (Å²) < 4.78 is 0.633. The summed E-state index contributed by atoms with van der Waals surface area (Å²) in [5, 5.41) is 19.2. The topological polar surface area (TPSA) is 60.1 Å². The molecule has 0 radical (unpaired) electrons. The molecule has 1 aromatic rings. The number of hydrogen-bond donors (Lipinski definition) is 1. The third kappa shape index (κ3) is 1.41. The number of nitrogens with zero attached hydrogens (tertiary/aromatic N) is 2. The standard InChI is InChI=1S/C6H8N2O2/c1-5-2-8(10)3-6(4-9)7-5/h2-3,9H,4H2,1H3. The van der Waals surface area contributed by atoms with E-state index < -0.39 is 0 Å². The second-order valence-electron chi connectivity index (χ2n) is 2.02. The highest BCUT2D eigenvalue weighted by Crippen LogP contribution is 1.91. The van der Waals surface area contributed by atoms with Crippen molar-refractivity contribution in [3.63, 3.8) is 0 Å². The Morgan fingerprint density at radius 3 is 2.90 bits per heavy atom. The van der Waals surface area contributed by atoms with Crippen molar-refractivity contribution in [1.82, 2.24) is 4.98 Å². The summed E-state index contributed by atoms with van der Waals surface area (Å²) in [4.78, 5) is 3.88. The van der Waals surface area contributed by atoms with E-state index in [-0.39, 0.29) is 6.61 Å². The molecule has 0 amide bonds. The zero-order valence-electron chi connectivity index (χ0n) is 5.61. The third-order valence-electron chi connectivity index (χ3n) is 1.07. The maximum atomic E-state index is 10.6. The van der Waals surface area contributed by atoms with Crippen LogP contribution in [0.2, 0.25) is 0 Å². The van der Waals surface area contributed by atoms with E-state index in [1.807, 2.05) is 0 Å². The van der Waals surface area contributed by atoms with Crippen molar-refractivity contribution >= 4 is 0 Å². The lowest BCUT2D eigenvalue weighted by atomic mass is 10.4. The van der Waals surface area contributed by atoms with Crippen molar-refractivity contribution in [2.45, 2.75) is 13.5 Å². The van der Waals surface area contributed by atoms with Gasteiger partial charge in [0.25, 0.3) is 0 Å². The Morgan fingerprint density at radius 1 is 1.70 bits per heavy atom. The van der Waals surface area contributed by atoms with Crippen molar-refractivity contribution in [2.24, 2.45) is 0 Å². The first kappa shape index (κ1) is 6.95. The minimum absolute atomic E-state index is 0.191. The number of aromatic nitrogens is 2. The van der Waals surface area contributed by atoms with Gasteiger partial charge in [0.2, 0.25) is 12.4 Å². The highest BCUT2D eigenvalue weighted by atomic mass is 16.5. The molecule has 0 aliphatic rings. The van der Waals surface area contributed by atoms with Gasteiger partial charge in [-0.1, -0.05) is 0 Å². The third-order valence-corrected chi connectivity index (χ3v) is 1.07. The van der Waals surface area contributed by atoms with Crippen LogP contribution in [-0.2, 0) is 6.61 Å². The Labute approximate surface area is 58.4 Å². The summed E-state index contributed by atoms with van der Waals surface area (Å²) in [5.41, 5.74) is 1.01. The monoisotopic (exact) mass is 140 g/mol. The molecular weight excluding hydrogens is 132 g/mol. The molecule has 1 rings (SSSR count). The van der Waals surface area contributed by atoms with Crippen LogP contribution in [0.15, 0.2) is 12.4 Å². The van der Waals surface area contributed by atoms with Gasteiger partial charge in [-0.25, -0.2) is 4.98 Å². The molecule has 0 aliphatic heterocycles. The summed E-state index contributed by atoms with van der Waals surface area (Å²) in [6.07, 6.45) is 2.59. The van der Waals surface area contributed by atoms with Gasteiger partial charge in [0.05, 0.1) is 6.61 Å². The van der Waals surface area contributed by atoms with Crippen LogP contribution in [0.4, 0.5) is 0 Å². The number of aryl methyl sites for hydroxylation is 1. The molecule has 0 spiro atoms. The maximum Gasteiger partial charge on any atom is 0.204 e. The average molecular weight is 140 g/mol. The predicted octanol–water partition coefficient (Wildman–Crippen LogP) is -0.484. The second-order valence-corrected chi connectivity index (χ2v) is 2.02. The van der Waals surface area contributed by atoms with Crippen molar-refractivity contribution < 1.29 is 9.84 Å². The van der Waals surface area contributed by atoms with Gasteiger partial charge in [0, 0.05) is 0 Å². The molecule has 0 unspecified atom stereocenters. The van der Waals surface area contributed by atoms with Gasteiger partial charge in [-0.15, -0.1) is 0 Å². The summed E-state index contributed by atoms with van der Waals surface area (Å²) in [7, 11) is 0. The first-order valence-corrected chi connectivity index (χ1v) is 2.89. The van der Waals surface area contributed by atoms with Crippen LogP contribution in [-0.4, -0.2) is 10.1 Å². The second kappa shape index (κ2) is 2.62. The zero-order chi connectivity index (χ0) is 7.56. The molecular formula is C6H8N2O2. The molecule has 4 nitrogen and oxygen atoms in total. The number of aliphatic hydroxyl groups excluding tert-OH is 1. The maximum absolute atomic E-state index is 10.6. The molecule has 10 heavy (non-hydrogen) atoms. The highest BCUT2D eigenvalue weighted by Gasteiger charge is 1.98. The van der Waals surface area contributed by atoms with Crippen molar-refractivity contribution in [3.8, 4) is 0 Å². The van der Waals surface area contributed by atoms with Crippen LogP contribution >= 0.6 is 0 Å². The molecule has 0 saturated heterocycles. The minimum atomic E-state index is -0.191. The molecule has 1 heterocycles. The average Bonchev–Trinajstić information content (AvgIpc) is 1.85. The van der Waals surface area contributed by atoms with E-state index in [1.54, 1.807) is 6.92 Å². The fourth-order valence-electron chi connectivity index (χ4n) is 0.729. The van der Waals surface area contributed by atoms with E-state index >= 15 is 0 Å². The molecule has 0 saturated carbocycles. The van der Waals surface area contributed by atoms with Crippen LogP contribution in [0, 0.1) is 12.1 Å². The molecule has 1 N–H and O–H groups in total. The van der Waals surface area contributed by atoms with E-state index in [4.69, 9.17) is 5.11 Å². The molecule has 1 aromatic heterocycles. The van der Waals surface area contributed by atoms with Crippen molar-refractivity contribution in [1.29, 1.82) is 0 Å². The highest BCUT2D eigenvalue weighted by molar-refractivity contribution is 4.95. The fourth-order valence-corrected chi connectivity index (χ4v) is 0.729. The van der Waals surface area contributed by atoms with Crippen LogP contribution in [0.25, 0.3) is 0 Å². The van der Waals surface area contributed by atoms with Gasteiger partial charge >= 0.3 is 0 Å². The quantitative estimate of drug-likeness (QED) is 0.423. The summed E-state index contributed by atoms with van der Waals surface area (Å²) >= 11 is 0. The Morgan fingerprint density at radius 2 is 2.40 bits per heavy atom. The van der Waals surface area contributed by atoms with E-state index in [1.165, 1.54) is 12.4 Å². The van der Waals surface area contributed by atoms with Crippen LogP contribution < -0.4 is 4.73 Å². The number of aliphatic hydroxyl groups is 1. The lowest BCUT2D eigenvalue weighted by Crippen LogP contribution is -2.27. The van der Waals surface area contributed by atoms with Gasteiger partial charge < -0.3 is 10.3 Å². The van der Waals surface area contributed by atoms with Gasteiger partial charge in [0.15, 0.2) is 0 Å². The fraction of sp³-hybridized carbons (Fsp3) is 0.333. The predicted molar refractivity (Wildman–Crippen MR) is 33.9 cm³/mol. The van der Waals surface area contributed by atoms with Crippen molar-refractivity contribution in [2.75, 3.05) is 0 Å². The Kier molecular flexibility index (Phi) is 1.82. The minimum Gasteiger partial charge on any atom is -0.619 e. The molecule has 54 valence electrons. The van der Waals surface area contributed by atoms with Gasteiger partial charge in [0.1, 0.15) is 11.4 Å². The molecule has 0 atom stereocenters. The van der Waals surface area contributed by atoms with Crippen LogP contribution in [0.5, 0.6) is 0 Å². The summed E-state index contributed by atoms with van der Waals surface area (Å²) in [6.45, 7) is 1.51. The lowest BCUT2D eigenvalue weighted by molar-refractivity contribution is -0.607. The zero-order valence-corrected chi connectivity index (χ0v) is 5.61. The Balaban J connectivity index is 3.06. The van der Waals surface area contributed by atoms with Crippen LogP contribution in [0.1, 0.15) is 11.4 Å². The summed E-state index contributed by atoms with van der Waals surface area (Å²) in [5.74, 6) is 0. The summed E-state index contributed by atoms with van der Waals surface area (Å²) in [6, 6.07) is 0. The van der Waals surface area contributed by atoms with Crippen LogP contribution in [0.3, 0.4) is 0 Å². The molecule has 0 fully saturated rings. The SMILES string of the molecule is Cc1c[n+]([O-])cc(CO)n1. The lowest BCUT2D eigenvalue weighted by Gasteiger charge is -1.98. The molecule has 0 aliphatic carbocycles. The van der Waals surface area contributed by atoms with E-state index in [0.717, 1.165) is 0 Å². The molecule has 4 heteroatoms. The van der Waals surface area contributed by atoms with Gasteiger partial charge in [-0.3, -0.25) is 0 Å². The normalized spacial score (nSPS) is 9.80. The number of rotatable bonds is 1.